The second-order valence-electron chi connectivity index (χ2n) is 7.47. The van der Waals surface area contributed by atoms with Crippen LogP contribution in [0, 0.1) is 0 Å². The van der Waals surface area contributed by atoms with Crippen molar-refractivity contribution in [2.45, 2.75) is 38.4 Å². The average Bonchev–Trinajstić information content (AvgIpc) is 3.39. The Morgan fingerprint density at radius 1 is 0.969 bits per heavy atom. The molecular weight excluding hydrogens is 438 g/mol. The summed E-state index contributed by atoms with van der Waals surface area (Å²) in [5.74, 6) is -0.655. The molecule has 0 bridgehead atoms. The number of fused-ring (bicyclic) bond motifs is 2. The zero-order valence-electron chi connectivity index (χ0n) is 17.2. The fraction of sp³-hybridized carbons (Fsp3) is 0.318. The normalized spacial score (nSPS) is 14.1. The van der Waals surface area contributed by atoms with Crippen LogP contribution < -0.4 is 25.4 Å². The Hall–Kier alpha value is -3.30. The number of carboxylic acid groups (broad SMARTS) is 1. The lowest BCUT2D eigenvalue weighted by molar-refractivity contribution is -0.138. The number of amides is 2. The molecule has 9 nitrogen and oxygen atoms in total. The highest BCUT2D eigenvalue weighted by molar-refractivity contribution is 5.93. The molecule has 0 radical (unpaired) electrons. The van der Waals surface area contributed by atoms with Gasteiger partial charge in [0.15, 0.2) is 11.5 Å². The molecule has 0 saturated heterocycles. The van der Waals surface area contributed by atoms with Gasteiger partial charge in [-0.3, -0.25) is 14.4 Å². The van der Waals surface area contributed by atoms with E-state index >= 15 is 0 Å². The molecule has 2 heterocycles. The first-order valence-corrected chi connectivity index (χ1v) is 10.0. The molecule has 0 spiro atoms. The summed E-state index contributed by atoms with van der Waals surface area (Å²) in [7, 11) is 0. The van der Waals surface area contributed by atoms with Crippen molar-refractivity contribution < 1.29 is 29.0 Å². The monoisotopic (exact) mass is 461 g/mol. The minimum Gasteiger partial charge on any atom is -0.481 e. The molecule has 1 atom stereocenters. The molecule has 32 heavy (non-hydrogen) atoms. The van der Waals surface area contributed by atoms with Gasteiger partial charge in [0.2, 0.25) is 18.6 Å². The molecule has 2 aliphatic heterocycles. The lowest BCUT2D eigenvalue weighted by Gasteiger charge is -2.18. The van der Waals surface area contributed by atoms with Gasteiger partial charge in [-0.1, -0.05) is 12.1 Å². The van der Waals surface area contributed by atoms with E-state index in [-0.39, 0.29) is 44.4 Å². The van der Waals surface area contributed by atoms with Crippen LogP contribution in [0.4, 0.5) is 5.69 Å². The third-order valence-electron chi connectivity index (χ3n) is 5.21. The van der Waals surface area contributed by atoms with Crippen molar-refractivity contribution in [3.63, 3.8) is 0 Å². The lowest BCUT2D eigenvalue weighted by Crippen LogP contribution is -2.30. The van der Waals surface area contributed by atoms with E-state index in [0.717, 1.165) is 18.7 Å². The molecule has 2 aromatic rings. The van der Waals surface area contributed by atoms with Crippen molar-refractivity contribution in [1.82, 2.24) is 10.6 Å². The van der Waals surface area contributed by atoms with Gasteiger partial charge in [-0.2, -0.15) is 0 Å². The van der Waals surface area contributed by atoms with Crippen molar-refractivity contribution in [2.75, 3.05) is 12.1 Å². The van der Waals surface area contributed by atoms with Gasteiger partial charge in [-0.05, 0) is 41.0 Å². The van der Waals surface area contributed by atoms with E-state index < -0.39 is 17.9 Å². The molecule has 1 unspecified atom stereocenters. The smallest absolute Gasteiger partial charge is 0.305 e. The number of nitrogens with one attached hydrogen (secondary N) is 3. The van der Waals surface area contributed by atoms with Crippen molar-refractivity contribution >= 4 is 35.9 Å². The van der Waals surface area contributed by atoms with Gasteiger partial charge in [-0.15, -0.1) is 12.4 Å². The SMILES string of the molecule is Cl.O=C(O)CC(NC(=O)CCC(=O)Nc1ccc2c(c1)CNC2)c1ccc2c(c1)OCO2. The summed E-state index contributed by atoms with van der Waals surface area (Å²) in [6.45, 7) is 1.70. The van der Waals surface area contributed by atoms with E-state index in [2.05, 4.69) is 16.0 Å². The Bertz CT molecular complexity index is 1030. The Labute approximate surface area is 190 Å². The summed E-state index contributed by atoms with van der Waals surface area (Å²) < 4.78 is 10.6. The standard InChI is InChI=1S/C22H23N3O6.ClH/c26-20(24-16-3-1-14-10-23-11-15(14)7-16)5-6-21(27)25-17(9-22(28)29)13-2-4-18-19(8-13)31-12-30-18;/h1-4,7-8,17,23H,5-6,9-12H2,(H,24,26)(H,25,27)(H,28,29);1H. The Kier molecular flexibility index (Phi) is 7.55. The largest absolute Gasteiger partial charge is 0.481 e. The fourth-order valence-electron chi connectivity index (χ4n) is 3.65. The first kappa shape index (κ1) is 23.4. The molecule has 0 aliphatic carbocycles. The second kappa shape index (κ2) is 10.3. The highest BCUT2D eigenvalue weighted by atomic mass is 35.5. The van der Waals surface area contributed by atoms with E-state index in [1.165, 1.54) is 5.56 Å². The van der Waals surface area contributed by atoms with Gasteiger partial charge in [0.05, 0.1) is 12.5 Å². The van der Waals surface area contributed by atoms with Crippen LogP contribution in [0.25, 0.3) is 0 Å². The van der Waals surface area contributed by atoms with Gasteiger partial charge in [0, 0.05) is 31.6 Å². The number of carbonyl (C=O) groups excluding carboxylic acids is 2. The predicted molar refractivity (Wildman–Crippen MR) is 118 cm³/mol. The summed E-state index contributed by atoms with van der Waals surface area (Å²) in [5, 5.41) is 18.0. The molecule has 10 heteroatoms. The van der Waals surface area contributed by atoms with Crippen LogP contribution in [0.3, 0.4) is 0 Å². The summed E-state index contributed by atoms with van der Waals surface area (Å²) in [5.41, 5.74) is 3.65. The maximum absolute atomic E-state index is 12.4. The number of halogens is 1. The van der Waals surface area contributed by atoms with Crippen LogP contribution in [0.1, 0.15) is 42.0 Å². The first-order valence-electron chi connectivity index (χ1n) is 10.0. The van der Waals surface area contributed by atoms with Crippen molar-refractivity contribution in [3.05, 3.63) is 53.1 Å². The Morgan fingerprint density at radius 2 is 1.72 bits per heavy atom. The number of aliphatic carboxylic acids is 1. The summed E-state index contributed by atoms with van der Waals surface area (Å²) in [6, 6.07) is 10.0. The third-order valence-corrected chi connectivity index (χ3v) is 5.21. The average molecular weight is 462 g/mol. The molecular formula is C22H24ClN3O6. The predicted octanol–water partition coefficient (Wildman–Crippen LogP) is 2.49. The maximum atomic E-state index is 12.4. The van der Waals surface area contributed by atoms with E-state index in [0.29, 0.717) is 22.7 Å². The van der Waals surface area contributed by atoms with Crippen LogP contribution in [0.5, 0.6) is 11.5 Å². The molecule has 0 aromatic heterocycles. The van der Waals surface area contributed by atoms with Gasteiger partial charge < -0.3 is 30.5 Å². The zero-order chi connectivity index (χ0) is 21.8. The number of rotatable bonds is 8. The van der Waals surface area contributed by atoms with Gasteiger partial charge in [0.25, 0.3) is 0 Å². The number of carboxylic acids is 1. The van der Waals surface area contributed by atoms with E-state index in [4.69, 9.17) is 9.47 Å². The van der Waals surface area contributed by atoms with Gasteiger partial charge >= 0.3 is 5.97 Å². The van der Waals surface area contributed by atoms with Crippen LogP contribution in [-0.4, -0.2) is 29.7 Å². The van der Waals surface area contributed by atoms with Crippen molar-refractivity contribution in [3.8, 4) is 11.5 Å². The van der Waals surface area contributed by atoms with Crippen LogP contribution in [-0.2, 0) is 27.5 Å². The van der Waals surface area contributed by atoms with Crippen molar-refractivity contribution in [1.29, 1.82) is 0 Å². The fourth-order valence-corrected chi connectivity index (χ4v) is 3.65. The zero-order valence-corrected chi connectivity index (χ0v) is 18.0. The molecule has 2 aromatic carbocycles. The number of anilines is 1. The van der Waals surface area contributed by atoms with Crippen molar-refractivity contribution in [2.24, 2.45) is 0 Å². The molecule has 0 saturated carbocycles. The summed E-state index contributed by atoms with van der Waals surface area (Å²) in [4.78, 5) is 35.9. The van der Waals surface area contributed by atoms with Gasteiger partial charge in [-0.25, -0.2) is 0 Å². The highest BCUT2D eigenvalue weighted by Crippen LogP contribution is 2.34. The Balaban J connectivity index is 0.00000289. The number of carbonyl (C=O) groups is 3. The topological polar surface area (TPSA) is 126 Å². The molecule has 0 fully saturated rings. The number of hydrogen-bond donors (Lipinski definition) is 4. The number of hydrogen-bond acceptors (Lipinski definition) is 6. The number of benzene rings is 2. The summed E-state index contributed by atoms with van der Waals surface area (Å²) >= 11 is 0. The quantitative estimate of drug-likeness (QED) is 0.475. The number of ether oxygens (including phenoxy) is 2. The molecule has 170 valence electrons. The van der Waals surface area contributed by atoms with E-state index in [1.54, 1.807) is 18.2 Å². The first-order chi connectivity index (χ1) is 15.0. The maximum Gasteiger partial charge on any atom is 0.305 e. The van der Waals surface area contributed by atoms with Crippen LogP contribution in [0.2, 0.25) is 0 Å². The van der Waals surface area contributed by atoms with Crippen LogP contribution in [0.15, 0.2) is 36.4 Å². The Morgan fingerprint density at radius 3 is 2.53 bits per heavy atom. The molecule has 2 aliphatic rings. The highest BCUT2D eigenvalue weighted by Gasteiger charge is 2.22. The molecule has 4 rings (SSSR count). The minimum atomic E-state index is -1.05. The van der Waals surface area contributed by atoms with E-state index in [1.807, 2.05) is 18.2 Å². The summed E-state index contributed by atoms with van der Waals surface area (Å²) in [6.07, 6.45) is -0.359. The minimum absolute atomic E-state index is 0. The van der Waals surface area contributed by atoms with Crippen LogP contribution >= 0.6 is 12.4 Å². The lowest BCUT2D eigenvalue weighted by atomic mass is 10.0. The second-order valence-corrected chi connectivity index (χ2v) is 7.47. The third kappa shape index (κ3) is 5.68. The molecule has 2 amide bonds. The van der Waals surface area contributed by atoms with Gasteiger partial charge in [0.1, 0.15) is 0 Å². The van der Waals surface area contributed by atoms with E-state index in [9.17, 15) is 19.5 Å². The molecule has 4 N–H and O–H groups in total.